The Hall–Kier alpha value is -2.69. The van der Waals surface area contributed by atoms with Gasteiger partial charge in [-0.2, -0.15) is 0 Å². The van der Waals surface area contributed by atoms with Crippen LogP contribution in [-0.4, -0.2) is 25.9 Å². The number of furan rings is 1. The summed E-state index contributed by atoms with van der Waals surface area (Å²) < 4.78 is 28.1. The van der Waals surface area contributed by atoms with Crippen LogP contribution in [0, 0.1) is 0 Å². The van der Waals surface area contributed by atoms with Crippen molar-refractivity contribution in [2.24, 2.45) is 10.1 Å². The molecule has 0 unspecified atom stereocenters. The van der Waals surface area contributed by atoms with Gasteiger partial charge in [0.05, 0.1) is 24.2 Å². The summed E-state index contributed by atoms with van der Waals surface area (Å²) in [5.41, 5.74) is 0.872. The fraction of sp³-hybridized carbons (Fsp3) is 0.300. The van der Waals surface area contributed by atoms with Crippen LogP contribution in [-0.2, 0) is 36.0 Å². The summed E-state index contributed by atoms with van der Waals surface area (Å²) >= 11 is 1.67. The summed E-state index contributed by atoms with van der Waals surface area (Å²) in [4.78, 5) is 10.4. The van der Waals surface area contributed by atoms with Gasteiger partial charge in [0.15, 0.2) is 5.96 Å². The average molecular weight is 448 g/mol. The molecule has 0 aliphatic carbocycles. The molecule has 0 aliphatic heterocycles. The second-order valence-corrected chi connectivity index (χ2v) is 9.30. The van der Waals surface area contributed by atoms with Crippen LogP contribution in [0.25, 0.3) is 0 Å². The Kier molecular flexibility index (Phi) is 7.61. The molecule has 0 spiro atoms. The molecule has 0 bridgehead atoms. The van der Waals surface area contributed by atoms with Crippen LogP contribution >= 0.6 is 11.3 Å². The Morgan fingerprint density at radius 3 is 2.67 bits per heavy atom. The normalized spacial score (nSPS) is 12.1. The molecule has 8 nitrogen and oxygen atoms in total. The van der Waals surface area contributed by atoms with Crippen LogP contribution in [0.3, 0.4) is 0 Å². The third-order valence-corrected chi connectivity index (χ3v) is 6.34. The molecule has 3 aromatic rings. The molecule has 0 aliphatic rings. The number of rotatable bonds is 9. The standard InChI is InChI=1S/C20H25N5O3S2/c1-2-17-13-23-19(29-17)14-25-20(22-10-9-16-4-3-11-28-16)24-12-15-5-7-18(8-6-15)30(21,26)27/h3-8,11,13H,2,9-10,12,14H2,1H3,(H2,21,26,27)(H2,22,24,25). The van der Waals surface area contributed by atoms with Gasteiger partial charge in [0.1, 0.15) is 10.8 Å². The largest absolute Gasteiger partial charge is 0.469 e. The zero-order chi connectivity index (χ0) is 21.4. The lowest BCUT2D eigenvalue weighted by Gasteiger charge is -2.11. The molecule has 160 valence electrons. The average Bonchev–Trinajstić information content (AvgIpc) is 3.41. The van der Waals surface area contributed by atoms with Gasteiger partial charge in [-0.3, -0.25) is 0 Å². The number of primary sulfonamides is 1. The summed E-state index contributed by atoms with van der Waals surface area (Å²) in [7, 11) is -3.70. The number of aromatic nitrogens is 1. The summed E-state index contributed by atoms with van der Waals surface area (Å²) in [5, 5.41) is 12.7. The number of aryl methyl sites for hydroxylation is 1. The van der Waals surface area contributed by atoms with Crippen LogP contribution < -0.4 is 15.8 Å². The third-order valence-electron chi connectivity index (χ3n) is 4.27. The monoisotopic (exact) mass is 447 g/mol. The number of benzene rings is 1. The molecule has 0 amide bonds. The Balaban J connectivity index is 1.63. The first-order valence-electron chi connectivity index (χ1n) is 9.54. The van der Waals surface area contributed by atoms with Gasteiger partial charge in [-0.05, 0) is 36.2 Å². The molecule has 4 N–H and O–H groups in total. The van der Waals surface area contributed by atoms with E-state index < -0.39 is 10.0 Å². The molecule has 0 fully saturated rings. The third kappa shape index (κ3) is 6.68. The quantitative estimate of drug-likeness (QED) is 0.342. The molecule has 30 heavy (non-hydrogen) atoms. The van der Waals surface area contributed by atoms with Crippen LogP contribution in [0.15, 0.2) is 63.2 Å². The Morgan fingerprint density at radius 2 is 2.03 bits per heavy atom. The first-order valence-corrected chi connectivity index (χ1v) is 11.9. The summed E-state index contributed by atoms with van der Waals surface area (Å²) in [6.45, 7) is 3.72. The van der Waals surface area contributed by atoms with Crippen molar-refractivity contribution in [1.82, 2.24) is 15.6 Å². The highest BCUT2D eigenvalue weighted by molar-refractivity contribution is 7.89. The fourth-order valence-corrected chi connectivity index (χ4v) is 3.96. The Bertz CT molecular complexity index is 1060. The summed E-state index contributed by atoms with van der Waals surface area (Å²) in [5.74, 6) is 1.54. The number of sulfonamides is 1. The maximum Gasteiger partial charge on any atom is 0.238 e. The number of aliphatic imine (C=N–C) groups is 1. The fourth-order valence-electron chi connectivity index (χ4n) is 2.64. The molecular weight excluding hydrogens is 422 g/mol. The number of guanidine groups is 1. The van der Waals surface area contributed by atoms with Crippen molar-refractivity contribution < 1.29 is 12.8 Å². The van der Waals surface area contributed by atoms with E-state index in [9.17, 15) is 8.42 Å². The maximum atomic E-state index is 11.4. The molecule has 1 aromatic carbocycles. The Labute approximate surface area is 180 Å². The second-order valence-electron chi connectivity index (χ2n) is 6.54. The van der Waals surface area contributed by atoms with Crippen LogP contribution in [0.5, 0.6) is 0 Å². The molecule has 2 heterocycles. The molecule has 0 saturated carbocycles. The highest BCUT2D eigenvalue weighted by Crippen LogP contribution is 2.13. The molecule has 0 radical (unpaired) electrons. The molecule has 10 heteroatoms. The smallest absolute Gasteiger partial charge is 0.238 e. The lowest BCUT2D eigenvalue weighted by molar-refractivity contribution is 0.506. The number of thiazole rings is 1. The van der Waals surface area contributed by atoms with E-state index in [0.29, 0.717) is 25.6 Å². The van der Waals surface area contributed by atoms with Gasteiger partial charge in [-0.25, -0.2) is 23.5 Å². The van der Waals surface area contributed by atoms with Crippen molar-refractivity contribution >= 4 is 27.3 Å². The predicted molar refractivity (Wildman–Crippen MR) is 118 cm³/mol. The molecular formula is C20H25N5O3S2. The first-order chi connectivity index (χ1) is 14.4. The van der Waals surface area contributed by atoms with E-state index >= 15 is 0 Å². The van der Waals surface area contributed by atoms with E-state index in [1.165, 1.54) is 17.0 Å². The molecule has 0 atom stereocenters. The van der Waals surface area contributed by atoms with E-state index in [0.717, 1.165) is 29.2 Å². The number of hydrogen-bond donors (Lipinski definition) is 3. The minimum Gasteiger partial charge on any atom is -0.469 e. The summed E-state index contributed by atoms with van der Waals surface area (Å²) in [6.07, 6.45) is 5.25. The van der Waals surface area contributed by atoms with Gasteiger partial charge >= 0.3 is 0 Å². The van der Waals surface area contributed by atoms with Crippen molar-refractivity contribution in [2.45, 2.75) is 37.8 Å². The van der Waals surface area contributed by atoms with Crippen LogP contribution in [0.1, 0.15) is 28.1 Å². The van der Waals surface area contributed by atoms with Crippen molar-refractivity contribution in [1.29, 1.82) is 0 Å². The van der Waals surface area contributed by atoms with Gasteiger partial charge in [-0.1, -0.05) is 19.1 Å². The van der Waals surface area contributed by atoms with Crippen molar-refractivity contribution in [3.63, 3.8) is 0 Å². The van der Waals surface area contributed by atoms with Crippen molar-refractivity contribution in [3.8, 4) is 0 Å². The van der Waals surface area contributed by atoms with Crippen molar-refractivity contribution in [3.05, 3.63) is 70.1 Å². The topological polar surface area (TPSA) is 123 Å². The number of hydrogen-bond acceptors (Lipinski definition) is 6. The van der Waals surface area contributed by atoms with E-state index in [1.54, 1.807) is 29.7 Å². The highest BCUT2D eigenvalue weighted by Gasteiger charge is 2.07. The van der Waals surface area contributed by atoms with Gasteiger partial charge in [0.2, 0.25) is 10.0 Å². The minimum absolute atomic E-state index is 0.0839. The van der Waals surface area contributed by atoms with Crippen molar-refractivity contribution in [2.75, 3.05) is 6.54 Å². The lowest BCUT2D eigenvalue weighted by Crippen LogP contribution is -2.38. The number of nitrogens with two attached hydrogens (primary N) is 1. The van der Waals surface area contributed by atoms with E-state index in [4.69, 9.17) is 9.56 Å². The van der Waals surface area contributed by atoms with Crippen LogP contribution in [0.4, 0.5) is 0 Å². The second kappa shape index (κ2) is 10.4. The molecule has 2 aromatic heterocycles. The molecule has 3 rings (SSSR count). The van der Waals surface area contributed by atoms with Gasteiger partial charge in [-0.15, -0.1) is 11.3 Å². The number of nitrogens with one attached hydrogen (secondary N) is 2. The minimum atomic E-state index is -3.70. The maximum absolute atomic E-state index is 11.4. The molecule has 0 saturated heterocycles. The zero-order valence-electron chi connectivity index (χ0n) is 16.7. The van der Waals surface area contributed by atoms with Gasteiger partial charge < -0.3 is 15.1 Å². The van der Waals surface area contributed by atoms with Crippen LogP contribution in [0.2, 0.25) is 0 Å². The summed E-state index contributed by atoms with van der Waals surface area (Å²) in [6, 6.07) is 10.2. The van der Waals surface area contributed by atoms with Gasteiger partial charge in [0, 0.05) is 24.0 Å². The Morgan fingerprint density at radius 1 is 1.23 bits per heavy atom. The zero-order valence-corrected chi connectivity index (χ0v) is 18.3. The number of nitrogens with zero attached hydrogens (tertiary/aromatic N) is 2. The predicted octanol–water partition coefficient (Wildman–Crippen LogP) is 2.42. The SMILES string of the molecule is CCc1cnc(CNC(=NCc2ccc(S(N)(=O)=O)cc2)NCCc2ccco2)s1. The lowest BCUT2D eigenvalue weighted by atomic mass is 10.2. The van der Waals surface area contributed by atoms with Gasteiger partial charge in [0.25, 0.3) is 0 Å². The van der Waals surface area contributed by atoms with E-state index in [1.807, 2.05) is 18.3 Å². The van der Waals surface area contributed by atoms with E-state index in [-0.39, 0.29) is 4.90 Å². The first kappa shape index (κ1) is 22.0. The van der Waals surface area contributed by atoms with E-state index in [2.05, 4.69) is 27.5 Å². The highest BCUT2D eigenvalue weighted by atomic mass is 32.2.